The number of rotatable bonds is 10. The van der Waals surface area contributed by atoms with Crippen molar-refractivity contribution in [3.05, 3.63) is 0 Å². The van der Waals surface area contributed by atoms with Crippen molar-refractivity contribution in [3.8, 4) is 0 Å². The Labute approximate surface area is 127 Å². The van der Waals surface area contributed by atoms with Gasteiger partial charge < -0.3 is 18.8 Å². The second-order valence-corrected chi connectivity index (χ2v) is 5.28. The Bertz CT molecular complexity index is 196. The van der Waals surface area contributed by atoms with E-state index in [1.165, 1.54) is 0 Å². The number of unbranched alkanes of at least 4 members (excludes halogenated alkanes) is 4. The molecule has 0 aliphatic carbocycles. The Morgan fingerprint density at radius 2 is 1.11 bits per heavy atom. The third-order valence-corrected chi connectivity index (χ3v) is 2.85. The molecule has 0 aromatic heterocycles. The molecule has 2 N–H and O–H groups in total. The fourth-order valence-electron chi connectivity index (χ4n) is 1.02. The van der Waals surface area contributed by atoms with Gasteiger partial charge in [0.25, 0.3) is 0 Å². The molecule has 2 atom stereocenters. The topological polar surface area (TPSA) is 93.1 Å². The van der Waals surface area contributed by atoms with Crippen LogP contribution < -0.4 is 0 Å². The molecular formula is C10H26CoO6P2. The Morgan fingerprint density at radius 3 is 1.32 bits per heavy atom. The van der Waals surface area contributed by atoms with Crippen molar-refractivity contribution in [1.82, 2.24) is 0 Å². The van der Waals surface area contributed by atoms with Crippen LogP contribution in [-0.2, 0) is 35.0 Å². The fourth-order valence-corrected chi connectivity index (χ4v) is 1.66. The van der Waals surface area contributed by atoms with E-state index in [9.17, 15) is 9.13 Å². The zero-order valence-corrected chi connectivity index (χ0v) is 14.6. The molecule has 2 unspecified atom stereocenters. The zero-order chi connectivity index (χ0) is 14.2. The average molecular weight is 363 g/mol. The Kier molecular flexibility index (Phi) is 27.6. The molecule has 19 heavy (non-hydrogen) atoms. The first-order valence-electron chi connectivity index (χ1n) is 6.26. The van der Waals surface area contributed by atoms with Gasteiger partial charge in [-0.05, 0) is 12.8 Å². The molecule has 6 nitrogen and oxygen atoms in total. The van der Waals surface area contributed by atoms with E-state index >= 15 is 0 Å². The van der Waals surface area contributed by atoms with Crippen LogP contribution in [0.25, 0.3) is 0 Å². The van der Waals surface area contributed by atoms with E-state index in [1.807, 2.05) is 0 Å². The van der Waals surface area contributed by atoms with E-state index < -0.39 is 16.5 Å². The first kappa shape index (κ1) is 24.8. The molecule has 0 aromatic carbocycles. The summed E-state index contributed by atoms with van der Waals surface area (Å²) in [7, 11) is -5.33. The molecule has 0 aliphatic rings. The first-order chi connectivity index (χ1) is 8.54. The summed E-state index contributed by atoms with van der Waals surface area (Å²) in [6.07, 6.45) is 6.11. The van der Waals surface area contributed by atoms with Crippen molar-refractivity contribution in [2.75, 3.05) is 13.2 Å². The molecule has 0 amide bonds. The fraction of sp³-hybridized carbons (Fsp3) is 1.00. The smallest absolute Gasteiger partial charge is 0.316 e. The summed E-state index contributed by atoms with van der Waals surface area (Å²) in [6, 6.07) is 0. The van der Waals surface area contributed by atoms with E-state index in [0.717, 1.165) is 38.5 Å². The largest absolute Gasteiger partial charge is 0.326 e. The van der Waals surface area contributed by atoms with Gasteiger partial charge in [-0.15, -0.1) is 0 Å². The molecule has 0 bridgehead atoms. The molecule has 9 heteroatoms. The third-order valence-electron chi connectivity index (χ3n) is 1.95. The van der Waals surface area contributed by atoms with Crippen molar-refractivity contribution < 1.29 is 44.7 Å². The van der Waals surface area contributed by atoms with E-state index in [-0.39, 0.29) is 16.8 Å². The van der Waals surface area contributed by atoms with Gasteiger partial charge >= 0.3 is 16.5 Å². The van der Waals surface area contributed by atoms with Crippen LogP contribution in [0, 0.1) is 0 Å². The van der Waals surface area contributed by atoms with Crippen molar-refractivity contribution in [2.24, 2.45) is 0 Å². The quantitative estimate of drug-likeness (QED) is 0.458. The van der Waals surface area contributed by atoms with Gasteiger partial charge in [0.15, 0.2) is 0 Å². The van der Waals surface area contributed by atoms with Gasteiger partial charge in [-0.3, -0.25) is 9.13 Å². The monoisotopic (exact) mass is 363 g/mol. The van der Waals surface area contributed by atoms with Gasteiger partial charge in [0, 0.05) is 16.8 Å². The summed E-state index contributed by atoms with van der Waals surface area (Å²) < 4.78 is 28.7. The predicted molar refractivity (Wildman–Crippen MR) is 73.4 cm³/mol. The van der Waals surface area contributed by atoms with Crippen molar-refractivity contribution in [1.29, 1.82) is 0 Å². The Morgan fingerprint density at radius 1 is 0.789 bits per heavy atom. The SMILES string of the molecule is CCCCCO[PH](=O)O.CCCCCO[PH](=O)O.[Co]. The van der Waals surface area contributed by atoms with Crippen LogP contribution in [0.3, 0.4) is 0 Å². The molecule has 0 saturated carbocycles. The molecule has 0 fully saturated rings. The molecular weight excluding hydrogens is 337 g/mol. The van der Waals surface area contributed by atoms with Gasteiger partial charge in [0.2, 0.25) is 0 Å². The Balaban J connectivity index is -0.000000256. The van der Waals surface area contributed by atoms with E-state index in [0.29, 0.717) is 13.2 Å². The molecule has 121 valence electrons. The summed E-state index contributed by atoms with van der Waals surface area (Å²) in [5, 5.41) is 0. The van der Waals surface area contributed by atoms with E-state index in [4.69, 9.17) is 9.79 Å². The summed E-state index contributed by atoms with van der Waals surface area (Å²) in [5.41, 5.74) is 0. The third kappa shape index (κ3) is 32.4. The number of hydrogen-bond donors (Lipinski definition) is 2. The second kappa shape index (κ2) is 21.1. The first-order valence-corrected chi connectivity index (χ1v) is 8.78. The molecule has 0 aromatic rings. The molecule has 0 heterocycles. The molecule has 0 spiro atoms. The van der Waals surface area contributed by atoms with E-state index in [2.05, 4.69) is 22.9 Å². The average Bonchev–Trinajstić information content (AvgIpc) is 2.31. The standard InChI is InChI=1S/2C5H13O3P.Co/c2*1-2-3-4-5-8-9(6)7;/h2*9H,2-5H2,1H3,(H,6,7);. The van der Waals surface area contributed by atoms with Crippen LogP contribution in [0.15, 0.2) is 0 Å². The van der Waals surface area contributed by atoms with Gasteiger partial charge in [-0.2, -0.15) is 0 Å². The minimum absolute atomic E-state index is 0. The molecule has 0 saturated heterocycles. The molecule has 0 rings (SSSR count). The maximum atomic E-state index is 9.93. The maximum Gasteiger partial charge on any atom is 0.316 e. The Hall–Kier alpha value is 0.806. The van der Waals surface area contributed by atoms with Crippen molar-refractivity contribution in [2.45, 2.75) is 52.4 Å². The van der Waals surface area contributed by atoms with Crippen LogP contribution in [0.2, 0.25) is 0 Å². The van der Waals surface area contributed by atoms with Crippen LogP contribution in [0.1, 0.15) is 52.4 Å². The molecule has 1 radical (unpaired) electrons. The minimum atomic E-state index is -2.67. The minimum Gasteiger partial charge on any atom is -0.326 e. The second-order valence-electron chi connectivity index (χ2n) is 3.64. The maximum absolute atomic E-state index is 9.93. The van der Waals surface area contributed by atoms with Gasteiger partial charge in [0.1, 0.15) is 0 Å². The van der Waals surface area contributed by atoms with Gasteiger partial charge in [0.05, 0.1) is 13.2 Å². The van der Waals surface area contributed by atoms with Gasteiger partial charge in [-0.25, -0.2) is 0 Å². The summed E-state index contributed by atoms with van der Waals surface area (Å²) in [6.45, 7) is 4.98. The summed E-state index contributed by atoms with van der Waals surface area (Å²) in [5.74, 6) is 0. The van der Waals surface area contributed by atoms with Crippen LogP contribution in [-0.4, -0.2) is 23.0 Å². The van der Waals surface area contributed by atoms with E-state index in [1.54, 1.807) is 0 Å². The van der Waals surface area contributed by atoms with Crippen LogP contribution >= 0.6 is 16.5 Å². The van der Waals surface area contributed by atoms with Crippen LogP contribution in [0.5, 0.6) is 0 Å². The number of hydrogen-bond acceptors (Lipinski definition) is 4. The normalized spacial score (nSPS) is 12.8. The summed E-state index contributed by atoms with van der Waals surface area (Å²) >= 11 is 0. The zero-order valence-electron chi connectivity index (χ0n) is 11.5. The molecule has 0 aliphatic heterocycles. The van der Waals surface area contributed by atoms with Crippen LogP contribution in [0.4, 0.5) is 0 Å². The summed E-state index contributed by atoms with van der Waals surface area (Å²) in [4.78, 5) is 16.4. The van der Waals surface area contributed by atoms with Crippen molar-refractivity contribution >= 4 is 16.5 Å². The predicted octanol–water partition coefficient (Wildman–Crippen LogP) is 3.15. The van der Waals surface area contributed by atoms with Gasteiger partial charge in [-0.1, -0.05) is 39.5 Å². The van der Waals surface area contributed by atoms with Crippen molar-refractivity contribution in [3.63, 3.8) is 0 Å².